The molecule has 0 aliphatic carbocycles. The van der Waals surface area contributed by atoms with Gasteiger partial charge in [0.2, 0.25) is 10.0 Å². The molecule has 2 aromatic rings. The molecule has 0 bridgehead atoms. The molecule has 1 aliphatic heterocycles. The van der Waals surface area contributed by atoms with E-state index in [9.17, 15) is 30.4 Å². The Labute approximate surface area is 150 Å². The highest BCUT2D eigenvalue weighted by Crippen LogP contribution is 2.36. The quantitative estimate of drug-likeness (QED) is 0.796. The lowest BCUT2D eigenvalue weighted by Crippen LogP contribution is -2.20. The van der Waals surface area contributed by atoms with Crippen molar-refractivity contribution >= 4 is 21.4 Å². The Morgan fingerprint density at radius 1 is 1.04 bits per heavy atom. The molecule has 0 saturated carbocycles. The molecule has 0 unspecified atom stereocenters. The highest BCUT2D eigenvalue weighted by molar-refractivity contribution is 7.89. The molecule has 0 aromatic heterocycles. The summed E-state index contributed by atoms with van der Waals surface area (Å²) in [5.41, 5.74) is -1.03. The molecule has 1 aliphatic rings. The molecule has 0 fully saturated rings. The number of nitrogens with zero attached hydrogens (tertiary/aromatic N) is 2. The van der Waals surface area contributed by atoms with E-state index in [0.29, 0.717) is 6.07 Å². The van der Waals surface area contributed by atoms with Crippen LogP contribution in [0.1, 0.15) is 6.42 Å². The molecule has 1 heterocycles. The second kappa shape index (κ2) is 6.57. The van der Waals surface area contributed by atoms with E-state index in [2.05, 4.69) is 5.10 Å². The molecule has 0 amide bonds. The molecule has 0 radical (unpaired) electrons. The second-order valence-electron chi connectivity index (χ2n) is 5.80. The fourth-order valence-corrected chi connectivity index (χ4v) is 3.23. The third kappa shape index (κ3) is 4.08. The molecule has 0 saturated heterocycles. The first-order chi connectivity index (χ1) is 12.4. The first-order valence-corrected chi connectivity index (χ1v) is 9.05. The van der Waals surface area contributed by atoms with Crippen LogP contribution in [0.5, 0.6) is 0 Å². The van der Waals surface area contributed by atoms with E-state index in [0.717, 1.165) is 29.3 Å². The van der Waals surface area contributed by atoms with Gasteiger partial charge in [0.1, 0.15) is 17.3 Å². The van der Waals surface area contributed by atoms with Crippen LogP contribution in [-0.4, -0.2) is 26.9 Å². The van der Waals surface area contributed by atoms with Crippen LogP contribution in [-0.2, 0) is 10.0 Å². The monoisotopic (exact) mass is 405 g/mol. The Balaban J connectivity index is 2.19. The number of halogens is 5. The number of rotatable bonds is 3. The number of benzene rings is 2. The van der Waals surface area contributed by atoms with E-state index >= 15 is 0 Å². The topological polar surface area (TPSA) is 75.8 Å². The van der Waals surface area contributed by atoms with Gasteiger partial charge in [-0.25, -0.2) is 22.3 Å². The maximum Gasteiger partial charge on any atom is 0.431 e. The minimum absolute atomic E-state index is 0.0212. The van der Waals surface area contributed by atoms with Crippen molar-refractivity contribution in [3.63, 3.8) is 0 Å². The fraction of sp³-hybridized carbons (Fsp3) is 0.188. The van der Waals surface area contributed by atoms with E-state index in [1.165, 1.54) is 6.07 Å². The molecule has 11 heteroatoms. The van der Waals surface area contributed by atoms with E-state index in [1.54, 1.807) is 0 Å². The first kappa shape index (κ1) is 19.2. The molecule has 2 N–H and O–H groups in total. The minimum atomic E-state index is -4.61. The van der Waals surface area contributed by atoms with Crippen LogP contribution in [0.3, 0.4) is 0 Å². The highest BCUT2D eigenvalue weighted by atomic mass is 32.2. The maximum atomic E-state index is 13.6. The van der Waals surface area contributed by atoms with Gasteiger partial charge in [-0.1, -0.05) is 0 Å². The molecule has 0 spiro atoms. The summed E-state index contributed by atoms with van der Waals surface area (Å²) in [4.78, 5) is -0.356. The van der Waals surface area contributed by atoms with Crippen molar-refractivity contribution in [2.24, 2.45) is 10.2 Å². The van der Waals surface area contributed by atoms with Crippen molar-refractivity contribution in [3.05, 3.63) is 48.0 Å². The van der Waals surface area contributed by atoms with Gasteiger partial charge < -0.3 is 0 Å². The number of sulfonamides is 1. The molecule has 3 rings (SSSR count). The molecule has 27 heavy (non-hydrogen) atoms. The summed E-state index contributed by atoms with van der Waals surface area (Å²) in [6.45, 7) is -0.131. The van der Waals surface area contributed by atoms with Gasteiger partial charge in [-0.15, -0.1) is 0 Å². The van der Waals surface area contributed by atoms with Crippen molar-refractivity contribution in [2.45, 2.75) is 17.5 Å². The third-order valence-corrected chi connectivity index (χ3v) is 4.79. The molecular weight excluding hydrogens is 393 g/mol. The van der Waals surface area contributed by atoms with Crippen LogP contribution in [0.15, 0.2) is 46.4 Å². The van der Waals surface area contributed by atoms with Gasteiger partial charge in [-0.3, -0.25) is 5.01 Å². The first-order valence-electron chi connectivity index (χ1n) is 7.51. The average molecular weight is 405 g/mol. The number of alkyl halides is 3. The van der Waals surface area contributed by atoms with Crippen LogP contribution in [0.2, 0.25) is 0 Å². The lowest BCUT2D eigenvalue weighted by atomic mass is 10.0. The normalized spacial score (nSPS) is 15.2. The predicted molar refractivity (Wildman–Crippen MR) is 88.6 cm³/mol. The van der Waals surface area contributed by atoms with Crippen molar-refractivity contribution in [2.75, 3.05) is 11.6 Å². The number of hydrogen-bond acceptors (Lipinski definition) is 4. The van der Waals surface area contributed by atoms with Gasteiger partial charge >= 0.3 is 6.18 Å². The Morgan fingerprint density at radius 2 is 1.67 bits per heavy atom. The minimum Gasteiger partial charge on any atom is -0.264 e. The number of anilines is 1. The average Bonchev–Trinajstić information content (AvgIpc) is 3.02. The van der Waals surface area contributed by atoms with Crippen LogP contribution in [0, 0.1) is 11.6 Å². The summed E-state index contributed by atoms with van der Waals surface area (Å²) >= 11 is 0. The van der Waals surface area contributed by atoms with Gasteiger partial charge in [0, 0.05) is 24.6 Å². The summed E-state index contributed by atoms with van der Waals surface area (Å²) in [6, 6.07) is 5.80. The number of primary sulfonamides is 1. The molecule has 144 valence electrons. The number of hydrogen-bond donors (Lipinski definition) is 1. The molecule has 5 nitrogen and oxygen atoms in total. The fourth-order valence-electron chi connectivity index (χ4n) is 2.69. The van der Waals surface area contributed by atoms with E-state index in [4.69, 9.17) is 5.14 Å². The largest absolute Gasteiger partial charge is 0.431 e. The Hall–Kier alpha value is -2.53. The Bertz CT molecular complexity index is 1010. The molecule has 2 aromatic carbocycles. The van der Waals surface area contributed by atoms with Crippen LogP contribution < -0.4 is 10.1 Å². The van der Waals surface area contributed by atoms with Gasteiger partial charge in [0.05, 0.1) is 10.6 Å². The summed E-state index contributed by atoms with van der Waals surface area (Å²) in [7, 11) is -4.15. The Kier molecular flexibility index (Phi) is 4.68. The molecule has 0 atom stereocenters. The standard InChI is InChI=1S/C16H12F5N3O2S/c17-10-5-9(6-11(18)7-10)13-8-12(27(22,25)26)1-2-14(13)24-4-3-15(23-24)16(19,20)21/h1-2,5-8H,3-4H2,(H2,22,25,26). The lowest BCUT2D eigenvalue weighted by molar-refractivity contribution is -0.0598. The zero-order valence-corrected chi connectivity index (χ0v) is 14.3. The summed E-state index contributed by atoms with van der Waals surface area (Å²) in [5.74, 6) is -1.87. The zero-order valence-electron chi connectivity index (χ0n) is 13.5. The van der Waals surface area contributed by atoms with Crippen LogP contribution in [0.25, 0.3) is 11.1 Å². The van der Waals surface area contributed by atoms with Crippen LogP contribution >= 0.6 is 0 Å². The van der Waals surface area contributed by atoms with Gasteiger partial charge in [0.15, 0.2) is 0 Å². The maximum absolute atomic E-state index is 13.6. The second-order valence-corrected chi connectivity index (χ2v) is 7.36. The highest BCUT2D eigenvalue weighted by Gasteiger charge is 2.39. The third-order valence-electron chi connectivity index (χ3n) is 3.88. The SMILES string of the molecule is NS(=O)(=O)c1ccc(N2CCC(C(F)(F)F)=N2)c(-c2cc(F)cc(F)c2)c1. The summed E-state index contributed by atoms with van der Waals surface area (Å²) in [5, 5.41) is 9.60. The predicted octanol–water partition coefficient (Wildman–Crippen LogP) is 3.41. The molecular formula is C16H12F5N3O2S. The summed E-state index contributed by atoms with van der Waals surface area (Å²) < 4.78 is 89.0. The van der Waals surface area contributed by atoms with Gasteiger partial charge in [-0.05, 0) is 35.9 Å². The van der Waals surface area contributed by atoms with Crippen molar-refractivity contribution in [1.29, 1.82) is 0 Å². The Morgan fingerprint density at radius 3 is 2.19 bits per heavy atom. The van der Waals surface area contributed by atoms with E-state index in [-0.39, 0.29) is 34.7 Å². The van der Waals surface area contributed by atoms with Gasteiger partial charge in [0.25, 0.3) is 0 Å². The lowest BCUT2D eigenvalue weighted by Gasteiger charge is -2.19. The van der Waals surface area contributed by atoms with Gasteiger partial charge in [-0.2, -0.15) is 18.3 Å². The van der Waals surface area contributed by atoms with E-state index in [1.807, 2.05) is 0 Å². The number of hydrazone groups is 1. The van der Waals surface area contributed by atoms with Crippen molar-refractivity contribution in [1.82, 2.24) is 0 Å². The zero-order chi connectivity index (χ0) is 20.0. The summed E-state index contributed by atoms with van der Waals surface area (Å²) in [6.07, 6.45) is -4.99. The van der Waals surface area contributed by atoms with Crippen molar-refractivity contribution in [3.8, 4) is 11.1 Å². The van der Waals surface area contributed by atoms with Crippen molar-refractivity contribution < 1.29 is 30.4 Å². The smallest absolute Gasteiger partial charge is 0.264 e. The number of nitrogens with two attached hydrogens (primary N) is 1. The van der Waals surface area contributed by atoms with E-state index < -0.39 is 33.5 Å². The van der Waals surface area contributed by atoms with Crippen LogP contribution in [0.4, 0.5) is 27.6 Å².